The molecule has 1 aromatic heterocycles. The molecular weight excluding hydrogens is 394 g/mol. The van der Waals surface area contributed by atoms with E-state index in [0.29, 0.717) is 28.6 Å². The minimum absolute atomic E-state index is 0.0816. The van der Waals surface area contributed by atoms with Crippen molar-refractivity contribution >= 4 is 45.3 Å². The van der Waals surface area contributed by atoms with E-state index in [-0.39, 0.29) is 5.91 Å². The van der Waals surface area contributed by atoms with Crippen LogP contribution in [0.2, 0.25) is 0 Å². The average molecular weight is 412 g/mol. The summed E-state index contributed by atoms with van der Waals surface area (Å²) in [5.74, 6) is 1.46. The zero-order valence-corrected chi connectivity index (χ0v) is 16.0. The third kappa shape index (κ3) is 4.88. The SMILES string of the molecule is COC(=O)c1cc(CSCC(=O)Nc2ccc(Br)cc2C)oc1C. The number of hydrogen-bond acceptors (Lipinski definition) is 5. The van der Waals surface area contributed by atoms with E-state index in [9.17, 15) is 9.59 Å². The van der Waals surface area contributed by atoms with Gasteiger partial charge >= 0.3 is 5.97 Å². The number of aryl methyl sites for hydroxylation is 2. The first-order chi connectivity index (χ1) is 11.4. The Hall–Kier alpha value is -1.73. The molecule has 1 amide bonds. The Morgan fingerprint density at radius 1 is 1.29 bits per heavy atom. The van der Waals surface area contributed by atoms with Crippen molar-refractivity contribution in [1.29, 1.82) is 0 Å². The first-order valence-corrected chi connectivity index (χ1v) is 9.17. The highest BCUT2D eigenvalue weighted by Crippen LogP contribution is 2.22. The number of methoxy groups -OCH3 is 1. The predicted molar refractivity (Wildman–Crippen MR) is 98.5 cm³/mol. The topological polar surface area (TPSA) is 68.5 Å². The summed E-state index contributed by atoms with van der Waals surface area (Å²) in [7, 11) is 1.33. The van der Waals surface area contributed by atoms with Gasteiger partial charge in [-0.2, -0.15) is 0 Å². The lowest BCUT2D eigenvalue weighted by atomic mass is 10.2. The zero-order chi connectivity index (χ0) is 17.7. The van der Waals surface area contributed by atoms with Crippen molar-refractivity contribution < 1.29 is 18.7 Å². The van der Waals surface area contributed by atoms with Crippen LogP contribution in [-0.2, 0) is 15.3 Å². The third-order valence-corrected chi connectivity index (χ3v) is 4.76. The highest BCUT2D eigenvalue weighted by atomic mass is 79.9. The zero-order valence-electron chi connectivity index (χ0n) is 13.6. The van der Waals surface area contributed by atoms with Gasteiger partial charge < -0.3 is 14.5 Å². The molecule has 0 spiro atoms. The van der Waals surface area contributed by atoms with Gasteiger partial charge in [-0.25, -0.2) is 4.79 Å². The minimum atomic E-state index is -0.420. The lowest BCUT2D eigenvalue weighted by Crippen LogP contribution is -2.14. The van der Waals surface area contributed by atoms with E-state index in [1.807, 2.05) is 25.1 Å². The molecule has 0 fully saturated rings. The molecule has 1 heterocycles. The van der Waals surface area contributed by atoms with Gasteiger partial charge in [-0.1, -0.05) is 15.9 Å². The molecule has 0 radical (unpaired) electrons. The number of carbonyl (C=O) groups excluding carboxylic acids is 2. The molecule has 0 saturated heterocycles. The first kappa shape index (κ1) is 18.6. The summed E-state index contributed by atoms with van der Waals surface area (Å²) in [5.41, 5.74) is 2.21. The first-order valence-electron chi connectivity index (χ1n) is 7.22. The maximum absolute atomic E-state index is 12.0. The molecule has 0 aliphatic heterocycles. The van der Waals surface area contributed by atoms with Crippen molar-refractivity contribution in [3.05, 3.63) is 51.4 Å². The Morgan fingerprint density at radius 2 is 2.04 bits per heavy atom. The van der Waals surface area contributed by atoms with Crippen molar-refractivity contribution in [3.8, 4) is 0 Å². The second kappa shape index (κ2) is 8.39. The second-order valence-corrected chi connectivity index (χ2v) is 7.08. The molecule has 0 aliphatic carbocycles. The summed E-state index contributed by atoms with van der Waals surface area (Å²) < 4.78 is 11.2. The molecule has 0 aliphatic rings. The number of amides is 1. The largest absolute Gasteiger partial charge is 0.465 e. The minimum Gasteiger partial charge on any atom is -0.465 e. The smallest absolute Gasteiger partial charge is 0.341 e. The number of nitrogens with one attached hydrogen (secondary N) is 1. The molecular formula is C17H18BrNO4S. The highest BCUT2D eigenvalue weighted by Gasteiger charge is 2.15. The normalized spacial score (nSPS) is 10.5. The summed E-state index contributed by atoms with van der Waals surface area (Å²) in [5, 5.41) is 2.88. The van der Waals surface area contributed by atoms with E-state index in [1.165, 1.54) is 18.9 Å². The standard InChI is InChI=1S/C17H18BrNO4S/c1-10-6-12(18)4-5-15(10)19-16(20)9-24-8-13-7-14(11(2)23-13)17(21)22-3/h4-7H,8-9H2,1-3H3,(H,19,20). The van der Waals surface area contributed by atoms with Crippen LogP contribution >= 0.6 is 27.7 Å². The van der Waals surface area contributed by atoms with Crippen LogP contribution < -0.4 is 5.32 Å². The second-order valence-electron chi connectivity index (χ2n) is 5.17. The number of ether oxygens (including phenoxy) is 1. The summed E-state index contributed by atoms with van der Waals surface area (Å²) in [6, 6.07) is 7.35. The average Bonchev–Trinajstić information content (AvgIpc) is 2.90. The summed E-state index contributed by atoms with van der Waals surface area (Å²) >= 11 is 4.81. The monoisotopic (exact) mass is 411 g/mol. The van der Waals surface area contributed by atoms with E-state index < -0.39 is 5.97 Å². The van der Waals surface area contributed by atoms with Crippen molar-refractivity contribution in [1.82, 2.24) is 0 Å². The fourth-order valence-electron chi connectivity index (χ4n) is 2.13. The molecule has 0 atom stereocenters. The highest BCUT2D eigenvalue weighted by molar-refractivity contribution is 9.10. The maximum Gasteiger partial charge on any atom is 0.341 e. The van der Waals surface area contributed by atoms with E-state index in [0.717, 1.165) is 15.7 Å². The number of carbonyl (C=O) groups is 2. The number of rotatable bonds is 6. The summed E-state index contributed by atoms with van der Waals surface area (Å²) in [4.78, 5) is 23.6. The van der Waals surface area contributed by atoms with Crippen LogP contribution in [0, 0.1) is 13.8 Å². The number of furan rings is 1. The van der Waals surface area contributed by atoms with Crippen LogP contribution in [0.25, 0.3) is 0 Å². The summed E-state index contributed by atoms with van der Waals surface area (Å²) in [6.07, 6.45) is 0. The molecule has 1 aromatic carbocycles. The number of benzene rings is 1. The number of thioether (sulfide) groups is 1. The number of hydrogen-bond donors (Lipinski definition) is 1. The van der Waals surface area contributed by atoms with Crippen LogP contribution in [-0.4, -0.2) is 24.7 Å². The lowest BCUT2D eigenvalue weighted by molar-refractivity contribution is -0.113. The van der Waals surface area contributed by atoms with Gasteiger partial charge in [-0.05, 0) is 43.7 Å². The van der Waals surface area contributed by atoms with Crippen LogP contribution in [0.15, 0.2) is 33.2 Å². The number of halogens is 1. The molecule has 2 rings (SSSR count). The van der Waals surface area contributed by atoms with Gasteiger partial charge in [0.25, 0.3) is 0 Å². The van der Waals surface area contributed by atoms with Gasteiger partial charge in [0, 0.05) is 10.2 Å². The van der Waals surface area contributed by atoms with Crippen molar-refractivity contribution in [2.45, 2.75) is 19.6 Å². The third-order valence-electron chi connectivity index (χ3n) is 3.31. The van der Waals surface area contributed by atoms with E-state index in [4.69, 9.17) is 4.42 Å². The maximum atomic E-state index is 12.0. The van der Waals surface area contributed by atoms with E-state index in [1.54, 1.807) is 13.0 Å². The number of anilines is 1. The van der Waals surface area contributed by atoms with Gasteiger partial charge in [0.2, 0.25) is 5.91 Å². The van der Waals surface area contributed by atoms with Crippen LogP contribution in [0.1, 0.15) is 27.4 Å². The molecule has 24 heavy (non-hydrogen) atoms. The number of esters is 1. The van der Waals surface area contributed by atoms with Gasteiger partial charge in [-0.3, -0.25) is 4.79 Å². The van der Waals surface area contributed by atoms with Crippen molar-refractivity contribution in [2.75, 3.05) is 18.2 Å². The molecule has 128 valence electrons. The summed E-state index contributed by atoms with van der Waals surface area (Å²) in [6.45, 7) is 3.65. The van der Waals surface area contributed by atoms with E-state index >= 15 is 0 Å². The van der Waals surface area contributed by atoms with Crippen molar-refractivity contribution in [2.24, 2.45) is 0 Å². The molecule has 0 bridgehead atoms. The van der Waals surface area contributed by atoms with E-state index in [2.05, 4.69) is 26.0 Å². The predicted octanol–water partition coefficient (Wildman–Crippen LogP) is 4.32. The van der Waals surface area contributed by atoms with Gasteiger partial charge in [0.05, 0.1) is 18.6 Å². The molecule has 1 N–H and O–H groups in total. The van der Waals surface area contributed by atoms with Crippen LogP contribution in [0.4, 0.5) is 5.69 Å². The lowest BCUT2D eigenvalue weighted by Gasteiger charge is -2.08. The molecule has 0 saturated carbocycles. The fraction of sp³-hybridized carbons (Fsp3) is 0.294. The molecule has 2 aromatic rings. The van der Waals surface area contributed by atoms with Gasteiger partial charge in [0.1, 0.15) is 17.1 Å². The van der Waals surface area contributed by atoms with Crippen LogP contribution in [0.3, 0.4) is 0 Å². The van der Waals surface area contributed by atoms with Crippen LogP contribution in [0.5, 0.6) is 0 Å². The molecule has 0 unspecified atom stereocenters. The Labute approximate surface area is 153 Å². The van der Waals surface area contributed by atoms with Crippen molar-refractivity contribution in [3.63, 3.8) is 0 Å². The quantitative estimate of drug-likeness (QED) is 0.716. The Morgan fingerprint density at radius 3 is 2.71 bits per heavy atom. The molecule has 5 nitrogen and oxygen atoms in total. The Kier molecular flexibility index (Phi) is 6.51. The van der Waals surface area contributed by atoms with Gasteiger partial charge in [0.15, 0.2) is 0 Å². The fourth-order valence-corrected chi connectivity index (χ4v) is 3.30. The Balaban J connectivity index is 1.85. The molecule has 7 heteroatoms. The van der Waals surface area contributed by atoms with Gasteiger partial charge in [-0.15, -0.1) is 11.8 Å². The Bertz CT molecular complexity index is 757.